The Morgan fingerprint density at radius 1 is 1.50 bits per heavy atom. The van der Waals surface area contributed by atoms with Gasteiger partial charge in [-0.15, -0.1) is 0 Å². The van der Waals surface area contributed by atoms with Gasteiger partial charge in [0.2, 0.25) is 0 Å². The number of hydrogen-bond acceptors (Lipinski definition) is 3. The fourth-order valence-electron chi connectivity index (χ4n) is 2.09. The summed E-state index contributed by atoms with van der Waals surface area (Å²) in [5, 5.41) is 13.5. The first-order valence-electron chi connectivity index (χ1n) is 4.65. The highest BCUT2D eigenvalue weighted by Gasteiger charge is 2.37. The van der Waals surface area contributed by atoms with Crippen LogP contribution in [-0.4, -0.2) is 29.3 Å². The van der Waals surface area contributed by atoms with Crippen LogP contribution in [0, 0.1) is 0 Å². The molecule has 1 atom stereocenters. The van der Waals surface area contributed by atoms with Crippen LogP contribution in [0.4, 0.5) is 0 Å². The maximum absolute atomic E-state index is 10.1. The molecule has 1 heterocycles. The Hall–Kier alpha value is -0.120. The minimum absolute atomic E-state index is 0.0577. The summed E-state index contributed by atoms with van der Waals surface area (Å²) in [6.07, 6.45) is 2.35. The van der Waals surface area contributed by atoms with E-state index in [1.165, 1.54) is 0 Å². The fourth-order valence-corrected chi connectivity index (χ4v) is 2.09. The van der Waals surface area contributed by atoms with E-state index in [0.29, 0.717) is 6.54 Å². The van der Waals surface area contributed by atoms with Gasteiger partial charge >= 0.3 is 0 Å². The second-order valence-electron chi connectivity index (χ2n) is 4.50. The van der Waals surface area contributed by atoms with Crippen molar-refractivity contribution in [2.45, 2.75) is 44.2 Å². The molecule has 1 fully saturated rings. The van der Waals surface area contributed by atoms with Gasteiger partial charge in [-0.1, -0.05) is 0 Å². The lowest BCUT2D eigenvalue weighted by atomic mass is 9.79. The average Bonchev–Trinajstić information content (AvgIpc) is 1.83. The zero-order chi connectivity index (χ0) is 9.24. The van der Waals surface area contributed by atoms with Crippen molar-refractivity contribution in [3.05, 3.63) is 0 Å². The standard InChI is InChI=1S/C9H20N2O/c1-8(2)7-9(12,3-5-10)4-6-11-8/h11-12H,3-7,10H2,1-2H3. The molecule has 1 saturated heterocycles. The van der Waals surface area contributed by atoms with Gasteiger partial charge in [0.05, 0.1) is 5.60 Å². The van der Waals surface area contributed by atoms with Crippen molar-refractivity contribution in [2.75, 3.05) is 13.1 Å². The molecule has 0 bridgehead atoms. The smallest absolute Gasteiger partial charge is 0.0689 e. The van der Waals surface area contributed by atoms with Gasteiger partial charge in [0.15, 0.2) is 0 Å². The van der Waals surface area contributed by atoms with Crippen molar-refractivity contribution in [1.29, 1.82) is 0 Å². The van der Waals surface area contributed by atoms with E-state index in [-0.39, 0.29) is 5.54 Å². The quantitative estimate of drug-likeness (QED) is 0.559. The van der Waals surface area contributed by atoms with Crippen LogP contribution in [0.25, 0.3) is 0 Å². The molecule has 0 radical (unpaired) electrons. The molecule has 0 aromatic heterocycles. The molecular formula is C9H20N2O. The van der Waals surface area contributed by atoms with Gasteiger partial charge in [0, 0.05) is 5.54 Å². The topological polar surface area (TPSA) is 58.3 Å². The van der Waals surface area contributed by atoms with Gasteiger partial charge in [-0.2, -0.15) is 0 Å². The zero-order valence-electron chi connectivity index (χ0n) is 8.06. The predicted molar refractivity (Wildman–Crippen MR) is 49.9 cm³/mol. The molecule has 0 saturated carbocycles. The molecule has 3 heteroatoms. The first-order valence-corrected chi connectivity index (χ1v) is 4.65. The summed E-state index contributed by atoms with van der Waals surface area (Å²) < 4.78 is 0. The minimum Gasteiger partial charge on any atom is -0.390 e. The Balaban J connectivity index is 2.55. The van der Waals surface area contributed by atoms with E-state index in [2.05, 4.69) is 19.2 Å². The van der Waals surface area contributed by atoms with Gasteiger partial charge in [-0.25, -0.2) is 0 Å². The summed E-state index contributed by atoms with van der Waals surface area (Å²) in [6.45, 7) is 5.71. The Kier molecular flexibility index (Phi) is 2.76. The van der Waals surface area contributed by atoms with E-state index in [1.807, 2.05) is 0 Å². The summed E-state index contributed by atoms with van der Waals surface area (Å²) in [5.74, 6) is 0. The molecule has 0 spiro atoms. The summed E-state index contributed by atoms with van der Waals surface area (Å²) >= 11 is 0. The van der Waals surface area contributed by atoms with Gasteiger partial charge < -0.3 is 16.2 Å². The van der Waals surface area contributed by atoms with Crippen LogP contribution in [0.1, 0.15) is 33.1 Å². The normalized spacial score (nSPS) is 35.0. The number of hydrogen-bond donors (Lipinski definition) is 3. The van der Waals surface area contributed by atoms with Crippen molar-refractivity contribution in [3.63, 3.8) is 0 Å². The molecule has 4 N–H and O–H groups in total. The molecule has 0 aliphatic carbocycles. The van der Waals surface area contributed by atoms with Gasteiger partial charge in [-0.05, 0) is 46.2 Å². The van der Waals surface area contributed by atoms with Gasteiger partial charge in [-0.3, -0.25) is 0 Å². The second kappa shape index (κ2) is 3.32. The molecule has 0 aromatic carbocycles. The van der Waals surface area contributed by atoms with E-state index in [4.69, 9.17) is 5.73 Å². The average molecular weight is 172 g/mol. The van der Waals surface area contributed by atoms with E-state index in [9.17, 15) is 5.11 Å². The highest BCUT2D eigenvalue weighted by molar-refractivity contribution is 4.95. The summed E-state index contributed by atoms with van der Waals surface area (Å²) in [6, 6.07) is 0. The van der Waals surface area contributed by atoms with Crippen molar-refractivity contribution in [3.8, 4) is 0 Å². The number of piperidine rings is 1. The third-order valence-corrected chi connectivity index (χ3v) is 2.57. The Morgan fingerprint density at radius 3 is 2.67 bits per heavy atom. The summed E-state index contributed by atoms with van der Waals surface area (Å²) in [4.78, 5) is 0. The van der Waals surface area contributed by atoms with Crippen LogP contribution < -0.4 is 11.1 Å². The molecule has 1 rings (SSSR count). The Morgan fingerprint density at radius 2 is 2.17 bits per heavy atom. The Labute approximate surface area is 74.3 Å². The summed E-state index contributed by atoms with van der Waals surface area (Å²) in [7, 11) is 0. The van der Waals surface area contributed by atoms with E-state index < -0.39 is 5.60 Å². The molecule has 72 valence electrons. The highest BCUT2D eigenvalue weighted by Crippen LogP contribution is 2.29. The molecule has 1 aliphatic heterocycles. The lowest BCUT2D eigenvalue weighted by molar-refractivity contribution is -0.0254. The predicted octanol–water partition coefficient (Wildman–Crippen LogP) is 0.228. The monoisotopic (exact) mass is 172 g/mol. The number of nitrogens with one attached hydrogen (secondary N) is 1. The zero-order valence-corrected chi connectivity index (χ0v) is 8.06. The van der Waals surface area contributed by atoms with E-state index >= 15 is 0 Å². The lowest BCUT2D eigenvalue weighted by Gasteiger charge is -2.42. The first-order chi connectivity index (χ1) is 5.47. The first kappa shape index (κ1) is 9.96. The molecule has 0 aromatic rings. The molecule has 1 aliphatic rings. The maximum Gasteiger partial charge on any atom is 0.0689 e. The fraction of sp³-hybridized carbons (Fsp3) is 1.00. The minimum atomic E-state index is -0.524. The van der Waals surface area contributed by atoms with Crippen molar-refractivity contribution in [2.24, 2.45) is 5.73 Å². The highest BCUT2D eigenvalue weighted by atomic mass is 16.3. The molecule has 12 heavy (non-hydrogen) atoms. The third kappa shape index (κ3) is 2.44. The van der Waals surface area contributed by atoms with Crippen LogP contribution in [0.15, 0.2) is 0 Å². The lowest BCUT2D eigenvalue weighted by Crippen LogP contribution is -2.54. The van der Waals surface area contributed by atoms with Crippen molar-refractivity contribution < 1.29 is 5.11 Å². The summed E-state index contributed by atoms with van der Waals surface area (Å²) in [5.41, 5.74) is 4.99. The molecule has 0 amide bonds. The third-order valence-electron chi connectivity index (χ3n) is 2.57. The largest absolute Gasteiger partial charge is 0.390 e. The van der Waals surface area contributed by atoms with E-state index in [0.717, 1.165) is 25.8 Å². The second-order valence-corrected chi connectivity index (χ2v) is 4.50. The Bertz CT molecular complexity index is 155. The van der Waals surface area contributed by atoms with Crippen LogP contribution in [0.2, 0.25) is 0 Å². The van der Waals surface area contributed by atoms with Crippen LogP contribution in [0.5, 0.6) is 0 Å². The van der Waals surface area contributed by atoms with Crippen molar-refractivity contribution in [1.82, 2.24) is 5.32 Å². The van der Waals surface area contributed by atoms with Gasteiger partial charge in [0.25, 0.3) is 0 Å². The number of nitrogens with two attached hydrogens (primary N) is 1. The van der Waals surface area contributed by atoms with Crippen LogP contribution >= 0.6 is 0 Å². The molecular weight excluding hydrogens is 152 g/mol. The number of aliphatic hydroxyl groups is 1. The van der Waals surface area contributed by atoms with Crippen LogP contribution in [-0.2, 0) is 0 Å². The maximum atomic E-state index is 10.1. The van der Waals surface area contributed by atoms with Crippen LogP contribution in [0.3, 0.4) is 0 Å². The SMILES string of the molecule is CC1(C)CC(O)(CCN)CCN1. The van der Waals surface area contributed by atoms with Gasteiger partial charge in [0.1, 0.15) is 0 Å². The van der Waals surface area contributed by atoms with Crippen molar-refractivity contribution >= 4 is 0 Å². The number of rotatable bonds is 2. The van der Waals surface area contributed by atoms with E-state index in [1.54, 1.807) is 0 Å². The molecule has 3 nitrogen and oxygen atoms in total. The molecule has 1 unspecified atom stereocenters.